The molecule has 2 aromatic heterocycles. The van der Waals surface area contributed by atoms with Gasteiger partial charge in [0.25, 0.3) is 0 Å². The summed E-state index contributed by atoms with van der Waals surface area (Å²) in [7, 11) is 0. The van der Waals surface area contributed by atoms with Gasteiger partial charge < -0.3 is 5.11 Å². The lowest BCUT2D eigenvalue weighted by atomic mass is 9.83. The van der Waals surface area contributed by atoms with Crippen LogP contribution in [0.3, 0.4) is 0 Å². The summed E-state index contributed by atoms with van der Waals surface area (Å²) < 4.78 is 71.7. The van der Waals surface area contributed by atoms with Crippen molar-refractivity contribution in [2.75, 3.05) is 0 Å². The van der Waals surface area contributed by atoms with Crippen LogP contribution in [0.4, 0.5) is 0 Å². The summed E-state index contributed by atoms with van der Waals surface area (Å²) in [6.07, 6.45) is -0.497. The maximum absolute atomic E-state index is 12.3. The minimum absolute atomic E-state index is 0.0274. The number of pyridine rings is 1. The summed E-state index contributed by atoms with van der Waals surface area (Å²) in [6.45, 7) is 21.3. The van der Waals surface area contributed by atoms with Crippen molar-refractivity contribution >= 4 is 11.0 Å². The van der Waals surface area contributed by atoms with Crippen molar-refractivity contribution in [2.24, 2.45) is 0 Å². The Morgan fingerprint density at radius 1 is 0.617 bits per heavy atom. The first-order valence-electron chi connectivity index (χ1n) is 24.7. The largest absolute Gasteiger partial charge is 0.507 e. The third-order valence-electron chi connectivity index (χ3n) is 11.3. The molecular formula is C56H57N3O. The maximum atomic E-state index is 12.3. The van der Waals surface area contributed by atoms with Crippen LogP contribution in [0.25, 0.3) is 72.7 Å². The van der Waals surface area contributed by atoms with E-state index in [2.05, 4.69) is 127 Å². The molecule has 0 spiro atoms. The standard InChI is InChI=1S/C56H57N3O/c1-35(2)41-31-46(36(3)4)53(60)47(32-41)54-58-52-45(22-17-23-51(52)59(54)50-25-24-39(33-48(50)56(8,9)10)37-18-13-11-14-19-37)42-28-43(30-44(29-42)55(5,6)7)49-34-40(26-27-57-49)38-20-15-12-16-21-38/h11-36,60H,1-10H3/i12D,15D,16D,20D,21D,26D,27D,34D. The number of phenolic OH excluding ortho intramolecular Hbond substituents is 1. The van der Waals surface area contributed by atoms with Gasteiger partial charge in [-0.1, -0.05) is 160 Å². The number of imidazole rings is 1. The second kappa shape index (κ2) is 15.7. The maximum Gasteiger partial charge on any atom is 0.149 e. The van der Waals surface area contributed by atoms with Gasteiger partial charge in [0, 0.05) is 17.3 Å². The summed E-state index contributed by atoms with van der Waals surface area (Å²) in [5.74, 6) is 0.937. The van der Waals surface area contributed by atoms with E-state index in [0.717, 1.165) is 55.7 Å². The van der Waals surface area contributed by atoms with E-state index in [9.17, 15) is 6.48 Å². The van der Waals surface area contributed by atoms with E-state index in [-0.39, 0.29) is 45.9 Å². The molecule has 4 heteroatoms. The SMILES string of the molecule is [2H]c1nc(-c2cc(-c3cccc4c3nc(-c3cc(C(C)C)cc(C(C)C)c3O)n4-c3ccc(-c4ccccc4)cc3C(C)(C)C)cc(C(C)(C)C)c2)c([2H])c(-c2c([2H])c([2H])c([2H])c([2H])c2[2H])c1[2H]. The normalized spacial score (nSPS) is 14.1. The summed E-state index contributed by atoms with van der Waals surface area (Å²) in [6, 6.07) is 29.1. The van der Waals surface area contributed by atoms with Crippen LogP contribution >= 0.6 is 0 Å². The number of aromatic hydroxyl groups is 1. The summed E-state index contributed by atoms with van der Waals surface area (Å²) in [5.41, 5.74) is 9.67. The molecule has 60 heavy (non-hydrogen) atoms. The number of hydrogen-bond acceptors (Lipinski definition) is 3. The smallest absolute Gasteiger partial charge is 0.149 e. The molecule has 0 fully saturated rings. The van der Waals surface area contributed by atoms with Crippen molar-refractivity contribution < 1.29 is 16.1 Å². The van der Waals surface area contributed by atoms with Gasteiger partial charge in [0.05, 0.1) is 38.9 Å². The Labute approximate surface area is 367 Å². The van der Waals surface area contributed by atoms with Gasteiger partial charge in [-0.3, -0.25) is 9.55 Å². The molecule has 0 bridgehead atoms. The zero-order valence-corrected chi connectivity index (χ0v) is 36.2. The molecule has 2 heterocycles. The van der Waals surface area contributed by atoms with Crippen LogP contribution < -0.4 is 0 Å². The fourth-order valence-electron chi connectivity index (χ4n) is 7.83. The highest BCUT2D eigenvalue weighted by Gasteiger charge is 2.28. The quantitative estimate of drug-likeness (QED) is 0.167. The third-order valence-corrected chi connectivity index (χ3v) is 11.3. The number of phenols is 1. The molecule has 6 aromatic carbocycles. The summed E-state index contributed by atoms with van der Waals surface area (Å²) in [5, 5.41) is 12.3. The van der Waals surface area contributed by atoms with Gasteiger partial charge in [-0.2, -0.15) is 0 Å². The average molecular weight is 796 g/mol. The van der Waals surface area contributed by atoms with Crippen LogP contribution in [0.5, 0.6) is 5.75 Å². The number of hydrogen-bond donors (Lipinski definition) is 1. The van der Waals surface area contributed by atoms with Crippen LogP contribution in [0, 0.1) is 0 Å². The number of para-hydroxylation sites is 1. The van der Waals surface area contributed by atoms with Crippen molar-refractivity contribution in [3.63, 3.8) is 0 Å². The molecule has 0 amide bonds. The van der Waals surface area contributed by atoms with E-state index in [1.807, 2.05) is 48.5 Å². The summed E-state index contributed by atoms with van der Waals surface area (Å²) in [4.78, 5) is 10.0. The van der Waals surface area contributed by atoms with Gasteiger partial charge in [-0.25, -0.2) is 4.98 Å². The van der Waals surface area contributed by atoms with Gasteiger partial charge in [0.1, 0.15) is 11.6 Å². The second-order valence-corrected chi connectivity index (χ2v) is 18.4. The number of benzene rings is 6. The van der Waals surface area contributed by atoms with Crippen molar-refractivity contribution in [1.29, 1.82) is 0 Å². The Morgan fingerprint density at radius 3 is 2.03 bits per heavy atom. The average Bonchev–Trinajstić information content (AvgIpc) is 3.68. The molecule has 0 unspecified atom stereocenters. The topological polar surface area (TPSA) is 50.9 Å². The van der Waals surface area contributed by atoms with Gasteiger partial charge in [0.15, 0.2) is 0 Å². The highest BCUT2D eigenvalue weighted by Crippen LogP contribution is 2.45. The molecule has 0 aliphatic heterocycles. The Morgan fingerprint density at radius 2 is 1.35 bits per heavy atom. The van der Waals surface area contributed by atoms with Crippen LogP contribution in [0.2, 0.25) is 0 Å². The van der Waals surface area contributed by atoms with E-state index in [0.29, 0.717) is 22.5 Å². The first-order valence-corrected chi connectivity index (χ1v) is 20.7. The van der Waals surface area contributed by atoms with Gasteiger partial charge >= 0.3 is 0 Å². The number of aromatic nitrogens is 3. The number of fused-ring (bicyclic) bond motifs is 1. The molecular weight excluding hydrogens is 731 g/mol. The second-order valence-electron chi connectivity index (χ2n) is 18.4. The van der Waals surface area contributed by atoms with Crippen LogP contribution in [-0.4, -0.2) is 19.6 Å². The molecule has 8 aromatic rings. The zero-order chi connectivity index (χ0) is 49.5. The third kappa shape index (κ3) is 7.79. The highest BCUT2D eigenvalue weighted by atomic mass is 16.3. The van der Waals surface area contributed by atoms with E-state index < -0.39 is 47.8 Å². The Bertz CT molecular complexity index is 3280. The highest BCUT2D eigenvalue weighted by molar-refractivity contribution is 5.97. The zero-order valence-electron chi connectivity index (χ0n) is 44.2. The lowest BCUT2D eigenvalue weighted by Gasteiger charge is -2.26. The summed E-state index contributed by atoms with van der Waals surface area (Å²) >= 11 is 0. The van der Waals surface area contributed by atoms with Crippen molar-refractivity contribution in [1.82, 2.24) is 14.5 Å². The fourth-order valence-corrected chi connectivity index (χ4v) is 7.83. The Hall–Kier alpha value is -6.26. The van der Waals surface area contributed by atoms with Gasteiger partial charge in [-0.15, -0.1) is 0 Å². The van der Waals surface area contributed by atoms with Crippen LogP contribution in [-0.2, 0) is 10.8 Å². The van der Waals surface area contributed by atoms with E-state index in [1.165, 1.54) is 0 Å². The molecule has 0 aliphatic carbocycles. The van der Waals surface area contributed by atoms with Gasteiger partial charge in [0.2, 0.25) is 0 Å². The van der Waals surface area contributed by atoms with E-state index in [4.69, 9.17) is 14.6 Å². The Balaban J connectivity index is 1.46. The number of nitrogens with zero attached hydrogens (tertiary/aromatic N) is 3. The molecule has 0 saturated heterocycles. The van der Waals surface area contributed by atoms with Gasteiger partial charge in [-0.05, 0) is 121 Å². The van der Waals surface area contributed by atoms with E-state index >= 15 is 0 Å². The minimum Gasteiger partial charge on any atom is -0.507 e. The minimum atomic E-state index is -0.597. The predicted molar refractivity (Wildman–Crippen MR) is 253 cm³/mol. The first kappa shape index (κ1) is 31.6. The van der Waals surface area contributed by atoms with Crippen molar-refractivity contribution in [3.05, 3.63) is 168 Å². The van der Waals surface area contributed by atoms with Crippen molar-refractivity contribution in [3.8, 4) is 67.5 Å². The lowest BCUT2D eigenvalue weighted by molar-refractivity contribution is 0.466. The number of rotatable bonds is 8. The first-order chi connectivity index (χ1) is 31.9. The van der Waals surface area contributed by atoms with Crippen LogP contribution in [0.1, 0.15) is 114 Å². The molecule has 1 N–H and O–H groups in total. The lowest BCUT2D eigenvalue weighted by Crippen LogP contribution is -2.16. The Kier molecular flexibility index (Phi) is 8.29. The molecule has 0 radical (unpaired) electrons. The van der Waals surface area contributed by atoms with Crippen molar-refractivity contribution in [2.45, 2.75) is 91.9 Å². The monoisotopic (exact) mass is 796 g/mol. The molecule has 0 aliphatic rings. The fraction of sp³-hybridized carbons (Fsp3) is 0.250. The predicted octanol–water partition coefficient (Wildman–Crippen LogP) is 15.3. The molecule has 302 valence electrons. The molecule has 8 rings (SSSR count). The molecule has 0 saturated carbocycles. The molecule has 4 nitrogen and oxygen atoms in total. The van der Waals surface area contributed by atoms with Crippen LogP contribution in [0.15, 0.2) is 146 Å². The molecule has 0 atom stereocenters. The van der Waals surface area contributed by atoms with E-state index in [1.54, 1.807) is 0 Å².